The minimum Gasteiger partial charge on any atom is -0.369 e. The summed E-state index contributed by atoms with van der Waals surface area (Å²) in [7, 11) is 0. The summed E-state index contributed by atoms with van der Waals surface area (Å²) in [4.78, 5) is 22.7. The Labute approximate surface area is 115 Å². The molecule has 90 valence electrons. The molecule has 0 aromatic heterocycles. The van der Waals surface area contributed by atoms with Gasteiger partial charge in [0.1, 0.15) is 8.64 Å². The van der Waals surface area contributed by atoms with Gasteiger partial charge >= 0.3 is 6.72 Å². The van der Waals surface area contributed by atoms with Crippen LogP contribution in [0.25, 0.3) is 0 Å². The normalized spacial score (nSPS) is 9.67. The zero-order chi connectivity index (χ0) is 12.5. The van der Waals surface area contributed by atoms with Gasteiger partial charge in [-0.15, -0.1) is 25.3 Å². The summed E-state index contributed by atoms with van der Waals surface area (Å²) in [6, 6.07) is 0. The molecular weight excluding hydrogens is 315 g/mol. The molecule has 15 heavy (non-hydrogen) atoms. The number of hydrogen-bond donors (Lipinski definition) is 7. The van der Waals surface area contributed by atoms with E-state index in [0.29, 0.717) is 21.7 Å². The van der Waals surface area contributed by atoms with Crippen molar-refractivity contribution in [2.75, 3.05) is 13.1 Å². The predicted molar refractivity (Wildman–Crippen MR) is 80.1 cm³/mol. The van der Waals surface area contributed by atoms with E-state index in [1.54, 1.807) is 0 Å². The maximum absolute atomic E-state index is 7.56. The van der Waals surface area contributed by atoms with Crippen molar-refractivity contribution in [2.24, 2.45) is 0 Å². The standard InChI is InChI=1S/C4H8N2S4.H3O3PS/c7-3(8)5-1-2-6-4(9)10;1-4(2,3)5/h1-2H2,(H2,5,7,8)(H2,6,9,10);(H3,1,2,3,5). The third kappa shape index (κ3) is 39.6. The highest BCUT2D eigenvalue weighted by molar-refractivity contribution is 8.11. The fourth-order valence-electron chi connectivity index (χ4n) is 0.339. The molecule has 5 nitrogen and oxygen atoms in total. The van der Waals surface area contributed by atoms with Crippen LogP contribution in [0, 0.1) is 0 Å². The smallest absolute Gasteiger partial charge is 0.319 e. The lowest BCUT2D eigenvalue weighted by Crippen LogP contribution is -2.29. The van der Waals surface area contributed by atoms with Gasteiger partial charge in [0.25, 0.3) is 0 Å². The molecule has 0 unspecified atom stereocenters. The van der Waals surface area contributed by atoms with Crippen LogP contribution in [0.4, 0.5) is 0 Å². The minimum atomic E-state index is -3.81. The maximum atomic E-state index is 7.56. The van der Waals surface area contributed by atoms with E-state index in [9.17, 15) is 0 Å². The molecule has 0 aliphatic heterocycles. The van der Waals surface area contributed by atoms with E-state index in [1.807, 2.05) is 0 Å². The highest BCUT2D eigenvalue weighted by Gasteiger charge is 1.92. The van der Waals surface area contributed by atoms with Gasteiger partial charge in [-0.25, -0.2) is 0 Å². The minimum absolute atomic E-state index is 0.492. The van der Waals surface area contributed by atoms with Gasteiger partial charge in [0.2, 0.25) is 0 Å². The molecule has 0 saturated carbocycles. The lowest BCUT2D eigenvalue weighted by Gasteiger charge is -2.03. The van der Waals surface area contributed by atoms with Crippen molar-refractivity contribution >= 4 is 76.9 Å². The van der Waals surface area contributed by atoms with Crippen LogP contribution in [0.5, 0.6) is 0 Å². The Kier molecular flexibility index (Phi) is 12.5. The van der Waals surface area contributed by atoms with Crippen LogP contribution in [-0.4, -0.2) is 36.4 Å². The van der Waals surface area contributed by atoms with Crippen LogP contribution < -0.4 is 10.6 Å². The van der Waals surface area contributed by atoms with Crippen molar-refractivity contribution in [3.63, 3.8) is 0 Å². The number of hydrogen-bond acceptors (Lipinski definition) is 3. The average Bonchev–Trinajstić information content (AvgIpc) is 1.94. The van der Waals surface area contributed by atoms with Crippen molar-refractivity contribution in [1.29, 1.82) is 0 Å². The SMILES string of the molecule is OP(O)(O)=S.S=C(S)NCCNC(=S)S. The van der Waals surface area contributed by atoms with Crippen molar-refractivity contribution in [2.45, 2.75) is 0 Å². The Morgan fingerprint density at radius 3 is 1.33 bits per heavy atom. The van der Waals surface area contributed by atoms with Crippen LogP contribution in [0.1, 0.15) is 0 Å². The van der Waals surface area contributed by atoms with E-state index >= 15 is 0 Å². The molecule has 0 spiro atoms. The van der Waals surface area contributed by atoms with E-state index in [2.05, 4.69) is 72.1 Å². The summed E-state index contributed by atoms with van der Waals surface area (Å²) in [5, 5.41) is 5.68. The van der Waals surface area contributed by atoms with Gasteiger partial charge in [-0.3, -0.25) is 0 Å². The molecule has 0 fully saturated rings. The second-order valence-electron chi connectivity index (χ2n) is 1.98. The van der Waals surface area contributed by atoms with Crippen molar-refractivity contribution in [3.05, 3.63) is 0 Å². The lowest BCUT2D eigenvalue weighted by molar-refractivity contribution is 0.363. The van der Waals surface area contributed by atoms with E-state index < -0.39 is 6.72 Å². The first-order valence-electron chi connectivity index (χ1n) is 3.35. The molecule has 0 rings (SSSR count). The topological polar surface area (TPSA) is 84.8 Å². The number of nitrogens with one attached hydrogen (secondary N) is 2. The molecule has 0 saturated heterocycles. The van der Waals surface area contributed by atoms with Crippen molar-refractivity contribution < 1.29 is 14.7 Å². The van der Waals surface area contributed by atoms with Crippen LogP contribution in [-0.2, 0) is 11.8 Å². The quantitative estimate of drug-likeness (QED) is 0.166. The van der Waals surface area contributed by atoms with Gasteiger partial charge in [0, 0.05) is 13.1 Å². The third-order valence-corrected chi connectivity index (χ3v) is 1.28. The van der Waals surface area contributed by atoms with Crippen LogP contribution in [0.3, 0.4) is 0 Å². The first-order valence-corrected chi connectivity index (χ1v) is 7.72. The molecule has 0 amide bonds. The second-order valence-corrected chi connectivity index (χ2v) is 6.79. The largest absolute Gasteiger partial charge is 0.369 e. The zero-order valence-electron chi connectivity index (χ0n) is 7.32. The molecule has 0 aliphatic rings. The highest BCUT2D eigenvalue weighted by Crippen LogP contribution is 2.26. The van der Waals surface area contributed by atoms with Gasteiger partial charge in [0.05, 0.1) is 0 Å². The van der Waals surface area contributed by atoms with Gasteiger partial charge in [-0.05, 0) is 11.8 Å². The monoisotopic (exact) mass is 326 g/mol. The summed E-state index contributed by atoms with van der Waals surface area (Å²) in [6.45, 7) is -2.38. The summed E-state index contributed by atoms with van der Waals surface area (Å²) in [5.41, 5.74) is 0. The summed E-state index contributed by atoms with van der Waals surface area (Å²) in [6.07, 6.45) is 0. The molecule has 11 heteroatoms. The van der Waals surface area contributed by atoms with Gasteiger partial charge < -0.3 is 25.3 Å². The van der Waals surface area contributed by atoms with Crippen LogP contribution in [0.15, 0.2) is 0 Å². The predicted octanol–water partition coefficient (Wildman–Crippen LogP) is -0.217. The van der Waals surface area contributed by atoms with E-state index in [1.165, 1.54) is 0 Å². The highest BCUT2D eigenvalue weighted by atomic mass is 32.5. The summed E-state index contributed by atoms with van der Waals surface area (Å²) < 4.78 is 0.985. The Balaban J connectivity index is 0. The van der Waals surface area contributed by atoms with Crippen LogP contribution >= 0.6 is 56.4 Å². The molecule has 0 heterocycles. The Morgan fingerprint density at radius 2 is 1.20 bits per heavy atom. The summed E-state index contributed by atoms with van der Waals surface area (Å²) in [5.74, 6) is 0. The molecule has 0 radical (unpaired) electrons. The molecule has 0 aromatic carbocycles. The van der Waals surface area contributed by atoms with Crippen LogP contribution in [0.2, 0.25) is 0 Å². The number of thiol groups is 2. The third-order valence-electron chi connectivity index (χ3n) is 0.677. The zero-order valence-corrected chi connectivity index (χ0v) is 12.5. The van der Waals surface area contributed by atoms with Gasteiger partial charge in [0.15, 0.2) is 0 Å². The maximum Gasteiger partial charge on any atom is 0.319 e. The van der Waals surface area contributed by atoms with E-state index in [-0.39, 0.29) is 0 Å². The lowest BCUT2D eigenvalue weighted by atomic mass is 10.6. The summed E-state index contributed by atoms with van der Waals surface area (Å²) >= 11 is 20.6. The molecule has 0 aliphatic carbocycles. The van der Waals surface area contributed by atoms with Gasteiger partial charge in [-0.2, -0.15) is 0 Å². The van der Waals surface area contributed by atoms with E-state index in [4.69, 9.17) is 14.7 Å². The Hall–Kier alpha value is 1.01. The fourth-order valence-corrected chi connectivity index (χ4v) is 0.767. The van der Waals surface area contributed by atoms with Crippen molar-refractivity contribution in [3.8, 4) is 0 Å². The first kappa shape index (κ1) is 18.4. The Morgan fingerprint density at radius 1 is 1.00 bits per heavy atom. The number of thiocarbonyl (C=S) groups is 2. The average molecular weight is 326 g/mol. The molecule has 5 N–H and O–H groups in total. The van der Waals surface area contributed by atoms with E-state index in [0.717, 1.165) is 0 Å². The second kappa shape index (κ2) is 10.2. The molecule has 0 atom stereocenters. The first-order chi connectivity index (χ1) is 6.63. The fraction of sp³-hybridized carbons (Fsp3) is 0.500. The van der Waals surface area contributed by atoms with Gasteiger partial charge in [-0.1, -0.05) is 24.4 Å². The molecule has 0 bridgehead atoms. The Bertz CT molecular complexity index is 232. The molecule has 0 aromatic rings. The van der Waals surface area contributed by atoms with Crippen molar-refractivity contribution in [1.82, 2.24) is 10.6 Å². The molecular formula is C4H11N2O3PS5. The number of rotatable bonds is 3.